The van der Waals surface area contributed by atoms with Crippen molar-refractivity contribution in [3.8, 4) is 0 Å². The molecule has 30 heavy (non-hydrogen) atoms. The number of nitrogens with zero attached hydrogens (tertiary/aromatic N) is 1. The van der Waals surface area contributed by atoms with Gasteiger partial charge in [-0.3, -0.25) is 4.90 Å². The summed E-state index contributed by atoms with van der Waals surface area (Å²) < 4.78 is 36.5. The molecule has 2 aliphatic rings. The Bertz CT molecular complexity index is 1090. The highest BCUT2D eigenvalue weighted by Crippen LogP contribution is 2.44. The number of aromatic nitrogens is 1. The molecule has 3 nitrogen and oxygen atoms in total. The van der Waals surface area contributed by atoms with Gasteiger partial charge in [0.2, 0.25) is 0 Å². The maximum Gasteiger partial charge on any atom is 0.131 e. The molecular weight excluding hydrogens is 382 g/mol. The smallest absolute Gasteiger partial charge is 0.131 e. The van der Waals surface area contributed by atoms with E-state index in [1.807, 2.05) is 25.1 Å². The zero-order valence-corrected chi connectivity index (χ0v) is 17.3. The summed E-state index contributed by atoms with van der Waals surface area (Å²) in [6.07, 6.45) is 5.22. The summed E-state index contributed by atoms with van der Waals surface area (Å²) >= 11 is 0. The number of ether oxygens (including phenoxy) is 1. The molecule has 5 rings (SSSR count). The number of halogens is 2. The fourth-order valence-corrected chi connectivity index (χ4v) is 5.25. The number of hydrogen-bond acceptors (Lipinski definition) is 2. The minimum absolute atomic E-state index is 0.120. The van der Waals surface area contributed by atoms with Crippen molar-refractivity contribution in [3.63, 3.8) is 0 Å². The lowest BCUT2D eigenvalue weighted by Crippen LogP contribution is -2.49. The molecule has 5 heteroatoms. The van der Waals surface area contributed by atoms with E-state index >= 15 is 8.78 Å². The van der Waals surface area contributed by atoms with Gasteiger partial charge in [0.15, 0.2) is 0 Å². The van der Waals surface area contributed by atoms with E-state index in [1.54, 1.807) is 12.2 Å². The van der Waals surface area contributed by atoms with Crippen molar-refractivity contribution in [3.05, 3.63) is 76.5 Å². The van der Waals surface area contributed by atoms with Crippen molar-refractivity contribution < 1.29 is 13.5 Å². The minimum atomic E-state index is -0.512. The molecular formula is C25H26F2N2O. The van der Waals surface area contributed by atoms with Crippen LogP contribution in [0.5, 0.6) is 0 Å². The first-order valence-corrected chi connectivity index (χ1v) is 10.6. The van der Waals surface area contributed by atoms with Gasteiger partial charge in [-0.25, -0.2) is 8.78 Å². The molecule has 0 amide bonds. The van der Waals surface area contributed by atoms with E-state index in [9.17, 15) is 0 Å². The molecule has 0 radical (unpaired) electrons. The van der Waals surface area contributed by atoms with Crippen LogP contribution in [-0.2, 0) is 11.2 Å². The molecule has 1 fully saturated rings. The Morgan fingerprint density at radius 3 is 2.63 bits per heavy atom. The van der Waals surface area contributed by atoms with E-state index in [-0.39, 0.29) is 17.6 Å². The molecule has 2 aliphatic heterocycles. The highest BCUT2D eigenvalue weighted by molar-refractivity contribution is 5.85. The second-order valence-electron chi connectivity index (χ2n) is 8.38. The zero-order chi connectivity index (χ0) is 20.8. The second-order valence-corrected chi connectivity index (χ2v) is 8.38. The number of allylic oxidation sites excluding steroid dienone is 1. The number of para-hydroxylation sites is 1. The van der Waals surface area contributed by atoms with Gasteiger partial charge in [-0.2, -0.15) is 0 Å². The molecule has 156 valence electrons. The van der Waals surface area contributed by atoms with Gasteiger partial charge in [-0.05, 0) is 56.0 Å². The Hall–Kier alpha value is -2.50. The van der Waals surface area contributed by atoms with Crippen LogP contribution >= 0.6 is 0 Å². The van der Waals surface area contributed by atoms with Crippen LogP contribution < -0.4 is 0 Å². The fraction of sp³-hybridized carbons (Fsp3) is 0.360. The zero-order valence-electron chi connectivity index (χ0n) is 17.3. The largest absolute Gasteiger partial charge is 0.380 e. The minimum Gasteiger partial charge on any atom is -0.380 e. The van der Waals surface area contributed by atoms with Crippen molar-refractivity contribution in [2.75, 3.05) is 13.2 Å². The first-order valence-electron chi connectivity index (χ1n) is 10.6. The maximum atomic E-state index is 15.4. The Kier molecular flexibility index (Phi) is 4.95. The highest BCUT2D eigenvalue weighted by atomic mass is 19.1. The van der Waals surface area contributed by atoms with Gasteiger partial charge in [0.05, 0.1) is 12.6 Å². The summed E-state index contributed by atoms with van der Waals surface area (Å²) in [5.41, 5.74) is 3.73. The van der Waals surface area contributed by atoms with Crippen LogP contribution in [0.3, 0.4) is 0 Å². The van der Waals surface area contributed by atoms with E-state index < -0.39 is 17.7 Å². The number of aromatic amines is 1. The van der Waals surface area contributed by atoms with Crippen LogP contribution in [0.2, 0.25) is 0 Å². The molecule has 0 bridgehead atoms. The van der Waals surface area contributed by atoms with Crippen LogP contribution in [0.25, 0.3) is 17.0 Å². The van der Waals surface area contributed by atoms with Crippen LogP contribution in [0, 0.1) is 11.6 Å². The van der Waals surface area contributed by atoms with Gasteiger partial charge in [0.25, 0.3) is 0 Å². The lowest BCUT2D eigenvalue weighted by atomic mass is 9.86. The van der Waals surface area contributed by atoms with Gasteiger partial charge >= 0.3 is 0 Å². The van der Waals surface area contributed by atoms with Crippen LogP contribution in [0.4, 0.5) is 8.78 Å². The monoisotopic (exact) mass is 408 g/mol. The van der Waals surface area contributed by atoms with Gasteiger partial charge in [0, 0.05) is 40.9 Å². The van der Waals surface area contributed by atoms with Crippen molar-refractivity contribution in [2.24, 2.45) is 0 Å². The summed E-state index contributed by atoms with van der Waals surface area (Å²) in [5, 5.41) is 1.14. The van der Waals surface area contributed by atoms with Gasteiger partial charge in [-0.1, -0.05) is 30.4 Å². The summed E-state index contributed by atoms with van der Waals surface area (Å²) in [6, 6.07) is 10.7. The summed E-state index contributed by atoms with van der Waals surface area (Å²) in [7, 11) is 0. The van der Waals surface area contributed by atoms with Crippen molar-refractivity contribution in [1.29, 1.82) is 0 Å². The standard InChI is InChI=1S/C25H26F2N2O/c1-3-6-16-12-20(26)23(21(27)13-16)25-24-19(18-7-4-5-8-22(18)28-24)11-15(2)29(25)17-9-10-30-14-17/h3-8,12-13,15,17,25,28H,9-11,14H2,1-2H3/b6-3+/t15-,17+,25-/m1/s1. The molecule has 0 unspecified atom stereocenters. The lowest BCUT2D eigenvalue weighted by Gasteiger charge is -2.44. The molecule has 2 aromatic carbocycles. The predicted octanol–water partition coefficient (Wildman–Crippen LogP) is 5.60. The molecule has 1 aromatic heterocycles. The first kappa shape index (κ1) is 19.5. The molecule has 0 aliphatic carbocycles. The number of hydrogen-bond donors (Lipinski definition) is 1. The number of H-pyrrole nitrogens is 1. The highest BCUT2D eigenvalue weighted by Gasteiger charge is 2.42. The van der Waals surface area contributed by atoms with E-state index in [4.69, 9.17) is 4.74 Å². The molecule has 3 atom stereocenters. The number of rotatable bonds is 3. The Balaban J connectivity index is 1.74. The van der Waals surface area contributed by atoms with Crippen LogP contribution in [-0.4, -0.2) is 35.2 Å². The second kappa shape index (κ2) is 7.64. The molecule has 0 saturated carbocycles. The summed E-state index contributed by atoms with van der Waals surface area (Å²) in [5.74, 6) is -1.01. The SMILES string of the molecule is C/C=C/c1cc(F)c([C@@H]2c3[nH]c4ccccc4c3C[C@@H](C)N2[C@H]2CCOC2)c(F)c1. The Morgan fingerprint density at radius 1 is 1.17 bits per heavy atom. The summed E-state index contributed by atoms with van der Waals surface area (Å²) in [6.45, 7) is 5.27. The van der Waals surface area contributed by atoms with Crippen molar-refractivity contribution >= 4 is 17.0 Å². The molecule has 0 spiro atoms. The van der Waals surface area contributed by atoms with Crippen molar-refractivity contribution in [2.45, 2.75) is 44.8 Å². The Morgan fingerprint density at radius 2 is 1.93 bits per heavy atom. The molecule has 1 N–H and O–H groups in total. The number of benzene rings is 2. The van der Waals surface area contributed by atoms with Gasteiger partial charge in [0.1, 0.15) is 11.6 Å². The predicted molar refractivity (Wildman–Crippen MR) is 115 cm³/mol. The molecule has 3 heterocycles. The summed E-state index contributed by atoms with van der Waals surface area (Å²) in [4.78, 5) is 5.77. The van der Waals surface area contributed by atoms with E-state index in [2.05, 4.69) is 22.9 Å². The third-order valence-corrected chi connectivity index (χ3v) is 6.49. The lowest BCUT2D eigenvalue weighted by molar-refractivity contribution is 0.0736. The average Bonchev–Trinajstić information content (AvgIpc) is 3.36. The van der Waals surface area contributed by atoms with Crippen LogP contribution in [0.1, 0.15) is 48.7 Å². The fourth-order valence-electron chi connectivity index (χ4n) is 5.25. The molecule has 3 aromatic rings. The van der Waals surface area contributed by atoms with E-state index in [1.165, 1.54) is 12.1 Å². The van der Waals surface area contributed by atoms with Crippen molar-refractivity contribution in [1.82, 2.24) is 9.88 Å². The number of nitrogens with one attached hydrogen (secondary N) is 1. The maximum absolute atomic E-state index is 15.4. The normalized spacial score (nSPS) is 24.7. The third-order valence-electron chi connectivity index (χ3n) is 6.49. The van der Waals surface area contributed by atoms with Gasteiger partial charge in [-0.15, -0.1) is 0 Å². The topological polar surface area (TPSA) is 28.3 Å². The van der Waals surface area contributed by atoms with Gasteiger partial charge < -0.3 is 9.72 Å². The quantitative estimate of drug-likeness (QED) is 0.611. The Labute approximate surface area is 175 Å². The molecule has 1 saturated heterocycles. The average molecular weight is 408 g/mol. The third kappa shape index (κ3) is 3.08. The van der Waals surface area contributed by atoms with Crippen LogP contribution in [0.15, 0.2) is 42.5 Å². The van der Waals surface area contributed by atoms with E-state index in [0.717, 1.165) is 35.0 Å². The van der Waals surface area contributed by atoms with E-state index in [0.29, 0.717) is 18.8 Å². The number of fused-ring (bicyclic) bond motifs is 3. The first-order chi connectivity index (χ1) is 14.6.